The van der Waals surface area contributed by atoms with E-state index in [-0.39, 0.29) is 93.1 Å². The second kappa shape index (κ2) is 20.4. The number of alkyl halides is 2. The number of halogens is 2. The van der Waals surface area contributed by atoms with Gasteiger partial charge in [-0.05, 0) is 71.2 Å². The Labute approximate surface area is 412 Å². The number of carbonyl (C=O) groups is 7. The lowest BCUT2D eigenvalue weighted by Crippen LogP contribution is -2.66. The second-order valence-electron chi connectivity index (χ2n) is 19.1. The molecule has 71 heavy (non-hydrogen) atoms. The van der Waals surface area contributed by atoms with Crippen LogP contribution in [0, 0.1) is 17.3 Å². The van der Waals surface area contributed by atoms with E-state index in [9.17, 15) is 56.7 Å². The summed E-state index contributed by atoms with van der Waals surface area (Å²) in [5, 5.41) is 5.25. The Kier molecular flexibility index (Phi) is 14.7. The Bertz CT molecular complexity index is 2910. The zero-order valence-corrected chi connectivity index (χ0v) is 40.9. The molecule has 4 aliphatic rings. The predicted molar refractivity (Wildman–Crippen MR) is 255 cm³/mol. The molecule has 0 saturated carbocycles. The number of hydrogen-bond donors (Lipinski definition) is 4. The molecule has 17 nitrogen and oxygen atoms in total. The Balaban J connectivity index is 0.952. The summed E-state index contributed by atoms with van der Waals surface area (Å²) in [4.78, 5) is 119. The molecule has 3 aromatic carbocycles. The highest BCUT2D eigenvalue weighted by molar-refractivity contribution is 7.52. The fraction of sp³-hybridized carbons (Fsp3) is 0.420. The van der Waals surface area contributed by atoms with E-state index in [0.717, 1.165) is 34.6 Å². The maximum atomic E-state index is 14.8. The fourth-order valence-corrected chi connectivity index (χ4v) is 10.7. The molecule has 3 fully saturated rings. The van der Waals surface area contributed by atoms with Crippen molar-refractivity contribution < 1.29 is 61.4 Å². The number of piperidine rings is 1. The number of piperazine rings is 1. The first-order chi connectivity index (χ1) is 33.6. The molecule has 1 aromatic heterocycles. The third kappa shape index (κ3) is 10.9. The predicted octanol–water partition coefficient (Wildman–Crippen LogP) is 4.90. The highest BCUT2D eigenvalue weighted by Crippen LogP contribution is 2.59. The van der Waals surface area contributed by atoms with E-state index in [1.54, 1.807) is 48.8 Å². The number of amides is 7. The van der Waals surface area contributed by atoms with Crippen LogP contribution < -0.4 is 10.6 Å². The van der Waals surface area contributed by atoms with Crippen molar-refractivity contribution in [1.82, 2.24) is 30.2 Å². The Morgan fingerprint density at radius 1 is 0.958 bits per heavy atom. The lowest BCUT2D eigenvalue weighted by atomic mass is 9.85. The average molecular weight is 1020 g/mol. The minimum atomic E-state index is -5.85. The van der Waals surface area contributed by atoms with Crippen LogP contribution in [0.4, 0.5) is 8.78 Å². The SMILES string of the molecule is CC(C)(C)[C@H](NC(=O)c1cc2cc(C(F)(F)P(=O)(O)O)ccc2s1)C(=O)N1CCN(C(=O)CCCC#Cc2ccc3c(c2)CN(C2CCC(=O)NC2=O)C3=O)C[C@H]1C(=O)N1CCO[C@H](c2ccccc2)C1. The summed E-state index contributed by atoms with van der Waals surface area (Å²) in [6.45, 7) is 6.05. The van der Waals surface area contributed by atoms with E-state index in [2.05, 4.69) is 22.5 Å². The van der Waals surface area contributed by atoms with Crippen LogP contribution in [-0.2, 0) is 45.5 Å². The number of fused-ring (bicyclic) bond motifs is 2. The maximum absolute atomic E-state index is 14.8. The lowest BCUT2D eigenvalue weighted by molar-refractivity contribution is -0.158. The van der Waals surface area contributed by atoms with Crippen LogP contribution in [0.5, 0.6) is 0 Å². The number of morpholine rings is 1. The van der Waals surface area contributed by atoms with Gasteiger partial charge in [0, 0.05) is 66.8 Å². The van der Waals surface area contributed by atoms with Gasteiger partial charge in [0.15, 0.2) is 0 Å². The van der Waals surface area contributed by atoms with Gasteiger partial charge < -0.3 is 39.4 Å². The van der Waals surface area contributed by atoms with Crippen LogP contribution in [0.1, 0.15) is 101 Å². The van der Waals surface area contributed by atoms with Gasteiger partial charge in [-0.1, -0.05) is 69.0 Å². The van der Waals surface area contributed by atoms with Gasteiger partial charge in [-0.25, -0.2) is 0 Å². The summed E-state index contributed by atoms with van der Waals surface area (Å²) in [6.07, 6.45) is 0.819. The smallest absolute Gasteiger partial charge is 0.370 e. The third-order valence-electron chi connectivity index (χ3n) is 13.1. The second-order valence-corrected chi connectivity index (χ2v) is 21.8. The monoisotopic (exact) mass is 1010 g/mol. The number of carbonyl (C=O) groups excluding carboxylic acids is 7. The highest BCUT2D eigenvalue weighted by atomic mass is 32.1. The fourth-order valence-electron chi connectivity index (χ4n) is 9.24. The van der Waals surface area contributed by atoms with Crippen molar-refractivity contribution in [2.75, 3.05) is 39.3 Å². The minimum Gasteiger partial charge on any atom is -0.370 e. The highest BCUT2D eigenvalue weighted by Gasteiger charge is 2.51. The normalized spacial score (nSPS) is 20.3. The molecule has 21 heteroatoms. The topological polar surface area (TPSA) is 223 Å². The van der Waals surface area contributed by atoms with Crippen LogP contribution >= 0.6 is 18.9 Å². The number of hydrogen-bond acceptors (Lipinski definition) is 10. The molecule has 4 aliphatic heterocycles. The van der Waals surface area contributed by atoms with Crippen molar-refractivity contribution in [3.63, 3.8) is 0 Å². The van der Waals surface area contributed by atoms with Gasteiger partial charge in [-0.2, -0.15) is 8.78 Å². The van der Waals surface area contributed by atoms with Crippen molar-refractivity contribution in [3.05, 3.63) is 105 Å². The van der Waals surface area contributed by atoms with Gasteiger partial charge in [-0.3, -0.25) is 43.4 Å². The summed E-state index contributed by atoms with van der Waals surface area (Å²) >= 11 is 0.942. The van der Waals surface area contributed by atoms with Crippen molar-refractivity contribution in [2.24, 2.45) is 5.41 Å². The van der Waals surface area contributed by atoms with Crippen molar-refractivity contribution in [1.29, 1.82) is 0 Å². The summed E-state index contributed by atoms with van der Waals surface area (Å²) in [6, 6.07) is 15.9. The Morgan fingerprint density at radius 3 is 2.44 bits per heavy atom. The van der Waals surface area contributed by atoms with Gasteiger partial charge in [0.25, 0.3) is 11.8 Å². The van der Waals surface area contributed by atoms with Crippen molar-refractivity contribution in [2.45, 2.75) is 89.3 Å². The number of unbranched alkanes of at least 4 members (excludes halogenated alkanes) is 1. The van der Waals surface area contributed by atoms with E-state index in [1.807, 2.05) is 30.3 Å². The first kappa shape index (κ1) is 51.0. The van der Waals surface area contributed by atoms with Gasteiger partial charge in [-0.15, -0.1) is 11.3 Å². The molecule has 3 saturated heterocycles. The molecular formula is C50H53F2N6O11PS. The van der Waals surface area contributed by atoms with Gasteiger partial charge in [0.1, 0.15) is 24.2 Å². The molecular weight excluding hydrogens is 962 g/mol. The molecule has 5 heterocycles. The standard InChI is InChI=1S/C50H53F2N6O11PS/c1-49(2,3)43(54-45(62)40-26-32-25-34(15-18-39(32)71-40)50(51,52)70(66,67)68)48(65)57-21-20-55(28-37(57)47(64)56-22-23-69-38(29-56)31-11-7-5-8-12-31)42(60)13-9-4-6-10-30-14-16-35-33(24-30)27-58(46(35)63)36-17-19-41(59)53-44(36)61/h5,7-8,11-12,14-16,18,24-26,36-38,43H,4,9,13,17,19-23,27-29H2,1-3H3,(H,54,62)(H,53,59,61)(H2,66,67,68)/t36?,37-,38-,43+/m0/s1. The number of ether oxygens (including phenoxy) is 1. The number of benzene rings is 3. The number of thiophene rings is 1. The molecule has 374 valence electrons. The summed E-state index contributed by atoms with van der Waals surface area (Å²) < 4.78 is 47.1. The zero-order valence-electron chi connectivity index (χ0n) is 39.2. The molecule has 7 amide bonds. The van der Waals surface area contributed by atoms with Crippen molar-refractivity contribution in [3.8, 4) is 11.8 Å². The van der Waals surface area contributed by atoms with Gasteiger partial charge in [0.2, 0.25) is 29.5 Å². The van der Waals surface area contributed by atoms with E-state index >= 15 is 0 Å². The lowest BCUT2D eigenvalue weighted by Gasteiger charge is -2.45. The molecule has 8 rings (SSSR count). The van der Waals surface area contributed by atoms with Crippen molar-refractivity contribution >= 4 is 70.4 Å². The number of nitrogens with zero attached hydrogens (tertiary/aromatic N) is 4. The van der Waals surface area contributed by atoms with Crippen LogP contribution in [0.15, 0.2) is 72.8 Å². The van der Waals surface area contributed by atoms with Crippen LogP contribution in [0.2, 0.25) is 0 Å². The van der Waals surface area contributed by atoms with Gasteiger partial charge in [0.05, 0.1) is 24.6 Å². The zero-order chi connectivity index (χ0) is 51.0. The largest absolute Gasteiger partial charge is 0.399 e. The van der Waals surface area contributed by atoms with E-state index in [4.69, 9.17) is 4.74 Å². The third-order valence-corrected chi connectivity index (χ3v) is 15.2. The van der Waals surface area contributed by atoms with E-state index in [1.165, 1.54) is 21.9 Å². The molecule has 0 bridgehead atoms. The first-order valence-corrected chi connectivity index (χ1v) is 25.6. The van der Waals surface area contributed by atoms with Crippen LogP contribution in [-0.4, -0.2) is 128 Å². The molecule has 4 aromatic rings. The number of imide groups is 1. The molecule has 0 radical (unpaired) electrons. The Hall–Kier alpha value is -6.36. The Morgan fingerprint density at radius 2 is 1.72 bits per heavy atom. The van der Waals surface area contributed by atoms with Gasteiger partial charge >= 0.3 is 13.3 Å². The van der Waals surface area contributed by atoms with E-state index in [0.29, 0.717) is 28.7 Å². The van der Waals surface area contributed by atoms with Crippen LogP contribution in [0.3, 0.4) is 0 Å². The molecule has 4 N–H and O–H groups in total. The summed E-state index contributed by atoms with van der Waals surface area (Å²) in [7, 11) is -5.85. The minimum absolute atomic E-state index is 0.0308. The van der Waals surface area contributed by atoms with E-state index < -0.39 is 72.1 Å². The molecule has 0 spiro atoms. The quantitative estimate of drug-likeness (QED) is 0.0685. The first-order valence-electron chi connectivity index (χ1n) is 23.2. The molecule has 4 atom stereocenters. The maximum Gasteiger partial charge on any atom is 0.399 e. The molecule has 0 aliphatic carbocycles. The molecule has 1 unspecified atom stereocenters. The average Bonchev–Trinajstić information content (AvgIpc) is 3.92. The summed E-state index contributed by atoms with van der Waals surface area (Å²) in [5.41, 5.74) is -3.58. The summed E-state index contributed by atoms with van der Waals surface area (Å²) in [5.74, 6) is 3.15. The number of rotatable bonds is 11. The number of nitrogens with one attached hydrogen (secondary N) is 2. The van der Waals surface area contributed by atoms with Crippen LogP contribution in [0.25, 0.3) is 10.1 Å².